The van der Waals surface area contributed by atoms with E-state index in [1.807, 2.05) is 0 Å². The van der Waals surface area contributed by atoms with Crippen molar-refractivity contribution in [2.24, 2.45) is 0 Å². The predicted molar refractivity (Wildman–Crippen MR) is 67.5 cm³/mol. The lowest BCUT2D eigenvalue weighted by Gasteiger charge is -2.24. The van der Waals surface area contributed by atoms with Crippen molar-refractivity contribution in [3.63, 3.8) is 0 Å². The van der Waals surface area contributed by atoms with Crippen LogP contribution in [0.1, 0.15) is 26.2 Å². The molecule has 0 aromatic carbocycles. The minimum absolute atomic E-state index is 0.636. The molecule has 1 aliphatic heterocycles. The van der Waals surface area contributed by atoms with Crippen LogP contribution in [0.3, 0.4) is 0 Å². The van der Waals surface area contributed by atoms with Gasteiger partial charge in [0, 0.05) is 29.7 Å². The summed E-state index contributed by atoms with van der Waals surface area (Å²) < 4.78 is 0. The van der Waals surface area contributed by atoms with E-state index < -0.39 is 0 Å². The molecule has 1 aliphatic rings. The summed E-state index contributed by atoms with van der Waals surface area (Å²) in [6.45, 7) is 6.28. The van der Waals surface area contributed by atoms with Crippen molar-refractivity contribution in [1.29, 1.82) is 0 Å². The van der Waals surface area contributed by atoms with E-state index in [4.69, 9.17) is 23.2 Å². The summed E-state index contributed by atoms with van der Waals surface area (Å²) in [6.07, 6.45) is 3.73. The van der Waals surface area contributed by atoms with E-state index >= 15 is 0 Å². The third-order valence-electron chi connectivity index (χ3n) is 2.67. The molecule has 0 radical (unpaired) electrons. The maximum absolute atomic E-state index is 5.95. The van der Waals surface area contributed by atoms with E-state index in [0.29, 0.717) is 6.04 Å². The highest BCUT2D eigenvalue weighted by atomic mass is 35.5. The molecule has 1 rings (SSSR count). The van der Waals surface area contributed by atoms with Crippen LogP contribution in [-0.2, 0) is 0 Å². The van der Waals surface area contributed by atoms with Gasteiger partial charge < -0.3 is 5.32 Å². The molecule has 0 aliphatic carbocycles. The van der Waals surface area contributed by atoms with Gasteiger partial charge in [-0.3, -0.25) is 4.90 Å². The Hall–Kier alpha value is 0.240. The summed E-state index contributed by atoms with van der Waals surface area (Å²) in [5.41, 5.74) is 1.46. The van der Waals surface area contributed by atoms with Crippen molar-refractivity contribution in [2.45, 2.75) is 32.2 Å². The van der Waals surface area contributed by atoms with Crippen LogP contribution >= 0.6 is 23.2 Å². The van der Waals surface area contributed by atoms with Gasteiger partial charge in [0.05, 0.1) is 0 Å². The largest absolute Gasteiger partial charge is 0.313 e. The number of rotatable bonds is 6. The van der Waals surface area contributed by atoms with Crippen LogP contribution < -0.4 is 5.32 Å². The van der Waals surface area contributed by atoms with Crippen molar-refractivity contribution in [3.8, 4) is 0 Å². The van der Waals surface area contributed by atoms with Crippen molar-refractivity contribution < 1.29 is 0 Å². The summed E-state index contributed by atoms with van der Waals surface area (Å²) >= 11 is 11.5. The smallest absolute Gasteiger partial charge is 0.0434 e. The third-order valence-corrected chi connectivity index (χ3v) is 3.28. The van der Waals surface area contributed by atoms with E-state index in [2.05, 4.69) is 17.1 Å². The standard InChI is InChI=1S/C11H20Cl2N2/c1-2-6-15(8-10(13)7-12)9-11-4-3-5-14-11/h7,11,14H,2-6,8-9H2,1H3. The zero-order chi connectivity index (χ0) is 11.1. The van der Waals surface area contributed by atoms with Gasteiger partial charge in [-0.15, -0.1) is 0 Å². The molecule has 0 spiro atoms. The molecule has 1 heterocycles. The van der Waals surface area contributed by atoms with Gasteiger partial charge in [0.2, 0.25) is 0 Å². The average molecular weight is 251 g/mol. The molecular formula is C11H20Cl2N2. The van der Waals surface area contributed by atoms with E-state index in [-0.39, 0.29) is 0 Å². The maximum Gasteiger partial charge on any atom is 0.0434 e. The fraction of sp³-hybridized carbons (Fsp3) is 0.818. The zero-order valence-electron chi connectivity index (χ0n) is 9.31. The van der Waals surface area contributed by atoms with Gasteiger partial charge in [-0.2, -0.15) is 0 Å². The molecular weight excluding hydrogens is 231 g/mol. The van der Waals surface area contributed by atoms with Crippen LogP contribution in [0.5, 0.6) is 0 Å². The Balaban J connectivity index is 2.34. The van der Waals surface area contributed by atoms with Gasteiger partial charge >= 0.3 is 0 Å². The molecule has 0 saturated carbocycles. The molecule has 15 heavy (non-hydrogen) atoms. The molecule has 1 atom stereocenters. The summed E-state index contributed by atoms with van der Waals surface area (Å²) in [7, 11) is 0. The first-order valence-corrected chi connectivity index (χ1v) is 6.48. The van der Waals surface area contributed by atoms with Gasteiger partial charge in [0.1, 0.15) is 0 Å². The van der Waals surface area contributed by atoms with Crippen LogP contribution in [-0.4, -0.2) is 37.1 Å². The summed E-state index contributed by atoms with van der Waals surface area (Å²) in [5.74, 6) is 0. The molecule has 0 aromatic heterocycles. The zero-order valence-corrected chi connectivity index (χ0v) is 10.8. The van der Waals surface area contributed by atoms with Crippen LogP contribution in [0, 0.1) is 0 Å². The maximum atomic E-state index is 5.95. The molecule has 0 amide bonds. The summed E-state index contributed by atoms with van der Waals surface area (Å²) in [5, 5.41) is 4.22. The van der Waals surface area contributed by atoms with E-state index in [1.165, 1.54) is 18.4 Å². The van der Waals surface area contributed by atoms with Crippen molar-refractivity contribution in [2.75, 3.05) is 26.2 Å². The molecule has 1 unspecified atom stereocenters. The van der Waals surface area contributed by atoms with Crippen molar-refractivity contribution in [3.05, 3.63) is 10.6 Å². The Kier molecular flexibility index (Phi) is 6.66. The lowest BCUT2D eigenvalue weighted by atomic mass is 10.2. The highest BCUT2D eigenvalue weighted by Crippen LogP contribution is 2.11. The van der Waals surface area contributed by atoms with E-state index in [9.17, 15) is 0 Å². The molecule has 0 aromatic rings. The lowest BCUT2D eigenvalue weighted by molar-refractivity contribution is 0.272. The Morgan fingerprint density at radius 2 is 2.40 bits per heavy atom. The molecule has 1 saturated heterocycles. The molecule has 0 bridgehead atoms. The van der Waals surface area contributed by atoms with Crippen LogP contribution in [0.25, 0.3) is 0 Å². The summed E-state index contributed by atoms with van der Waals surface area (Å²) in [6, 6.07) is 0.636. The first-order chi connectivity index (χ1) is 7.26. The van der Waals surface area contributed by atoms with E-state index in [0.717, 1.165) is 37.6 Å². The highest BCUT2D eigenvalue weighted by molar-refractivity contribution is 6.36. The number of halogens is 2. The van der Waals surface area contributed by atoms with Gasteiger partial charge in [0.25, 0.3) is 0 Å². The Labute approximate surface area is 103 Å². The Morgan fingerprint density at radius 1 is 1.60 bits per heavy atom. The second kappa shape index (κ2) is 7.50. The SMILES string of the molecule is CCCN(CC(Cl)=CCl)CC1CCCN1. The number of nitrogens with one attached hydrogen (secondary N) is 1. The number of hydrogen-bond acceptors (Lipinski definition) is 2. The molecule has 4 heteroatoms. The van der Waals surface area contributed by atoms with Gasteiger partial charge in [-0.1, -0.05) is 30.1 Å². The van der Waals surface area contributed by atoms with Crippen molar-refractivity contribution >= 4 is 23.2 Å². The fourth-order valence-corrected chi connectivity index (χ4v) is 2.26. The van der Waals surface area contributed by atoms with Crippen LogP contribution in [0.4, 0.5) is 0 Å². The molecule has 1 N–H and O–H groups in total. The van der Waals surface area contributed by atoms with Crippen molar-refractivity contribution in [1.82, 2.24) is 10.2 Å². The highest BCUT2D eigenvalue weighted by Gasteiger charge is 2.17. The lowest BCUT2D eigenvalue weighted by Crippen LogP contribution is -2.38. The fourth-order valence-electron chi connectivity index (χ4n) is 2.02. The monoisotopic (exact) mass is 250 g/mol. The minimum Gasteiger partial charge on any atom is -0.313 e. The molecule has 2 nitrogen and oxygen atoms in total. The minimum atomic E-state index is 0.636. The first-order valence-electron chi connectivity index (χ1n) is 5.66. The normalized spacial score (nSPS) is 22.7. The van der Waals surface area contributed by atoms with Crippen LogP contribution in [0.2, 0.25) is 0 Å². The summed E-state index contributed by atoms with van der Waals surface area (Å²) in [4.78, 5) is 2.37. The Bertz CT molecular complexity index is 201. The molecule has 1 fully saturated rings. The first kappa shape index (κ1) is 13.3. The van der Waals surface area contributed by atoms with Gasteiger partial charge in [-0.05, 0) is 32.4 Å². The van der Waals surface area contributed by atoms with Gasteiger partial charge in [-0.25, -0.2) is 0 Å². The van der Waals surface area contributed by atoms with Crippen LogP contribution in [0.15, 0.2) is 10.6 Å². The average Bonchev–Trinajstić information content (AvgIpc) is 2.70. The second-order valence-corrected chi connectivity index (χ2v) is 4.79. The Morgan fingerprint density at radius 3 is 2.93 bits per heavy atom. The predicted octanol–water partition coefficient (Wildman–Crippen LogP) is 2.77. The van der Waals surface area contributed by atoms with Gasteiger partial charge in [0.15, 0.2) is 0 Å². The third kappa shape index (κ3) is 5.21. The number of nitrogens with zero attached hydrogens (tertiary/aromatic N) is 1. The second-order valence-electron chi connectivity index (χ2n) is 4.08. The quantitative estimate of drug-likeness (QED) is 0.780. The topological polar surface area (TPSA) is 15.3 Å². The molecule has 88 valence electrons. The number of hydrogen-bond donors (Lipinski definition) is 1. The van der Waals surface area contributed by atoms with E-state index in [1.54, 1.807) is 0 Å².